The van der Waals surface area contributed by atoms with Crippen LogP contribution in [-0.4, -0.2) is 35.9 Å². The number of hydrogen-bond acceptors (Lipinski definition) is 3. The summed E-state index contributed by atoms with van der Waals surface area (Å²) in [5, 5.41) is 13.5. The maximum atomic E-state index is 12.2. The van der Waals surface area contributed by atoms with E-state index in [1.54, 1.807) is 0 Å². The van der Waals surface area contributed by atoms with Crippen LogP contribution < -0.4 is 5.32 Å². The standard InChI is InChI=1S/C15H27NO3/c1-3-13-12(6-8-19-13)14(17)16-10-15(18)7-4-5-11(2)9-15/h11-13,18H,3-10H2,1-2H3,(H,16,17). The number of nitrogens with one attached hydrogen (secondary N) is 1. The van der Waals surface area contributed by atoms with Gasteiger partial charge in [0.15, 0.2) is 0 Å². The number of carbonyl (C=O) groups excluding carboxylic acids is 1. The zero-order valence-corrected chi connectivity index (χ0v) is 12.2. The maximum Gasteiger partial charge on any atom is 0.225 e. The first kappa shape index (κ1) is 14.8. The van der Waals surface area contributed by atoms with Crippen LogP contribution in [0.5, 0.6) is 0 Å². The van der Waals surface area contributed by atoms with Gasteiger partial charge in [-0.15, -0.1) is 0 Å². The van der Waals surface area contributed by atoms with Crippen molar-refractivity contribution in [3.63, 3.8) is 0 Å². The molecule has 1 saturated carbocycles. The highest BCUT2D eigenvalue weighted by Crippen LogP contribution is 2.32. The Hall–Kier alpha value is -0.610. The minimum absolute atomic E-state index is 0.0328. The lowest BCUT2D eigenvalue weighted by atomic mass is 9.79. The van der Waals surface area contributed by atoms with Gasteiger partial charge in [-0.05, 0) is 31.6 Å². The van der Waals surface area contributed by atoms with Gasteiger partial charge in [-0.3, -0.25) is 4.79 Å². The van der Waals surface area contributed by atoms with E-state index in [1.807, 2.05) is 6.92 Å². The van der Waals surface area contributed by atoms with Gasteiger partial charge in [-0.25, -0.2) is 0 Å². The van der Waals surface area contributed by atoms with Crippen LogP contribution in [-0.2, 0) is 9.53 Å². The van der Waals surface area contributed by atoms with Crippen molar-refractivity contribution in [2.45, 2.75) is 64.1 Å². The third-order valence-corrected chi connectivity index (χ3v) is 4.61. The molecule has 0 spiro atoms. The van der Waals surface area contributed by atoms with Gasteiger partial charge in [-0.2, -0.15) is 0 Å². The summed E-state index contributed by atoms with van der Waals surface area (Å²) in [5.74, 6) is 0.569. The summed E-state index contributed by atoms with van der Waals surface area (Å²) in [6.45, 7) is 5.29. The van der Waals surface area contributed by atoms with Crippen molar-refractivity contribution in [2.24, 2.45) is 11.8 Å². The predicted molar refractivity (Wildman–Crippen MR) is 73.7 cm³/mol. The number of rotatable bonds is 4. The molecule has 1 heterocycles. The number of amides is 1. The highest BCUT2D eigenvalue weighted by Gasteiger charge is 2.36. The summed E-state index contributed by atoms with van der Waals surface area (Å²) in [4.78, 5) is 12.2. The van der Waals surface area contributed by atoms with E-state index < -0.39 is 5.60 Å². The molecule has 2 fully saturated rings. The average molecular weight is 269 g/mol. The maximum absolute atomic E-state index is 12.2. The van der Waals surface area contributed by atoms with Crippen LogP contribution in [0.25, 0.3) is 0 Å². The zero-order valence-electron chi connectivity index (χ0n) is 12.2. The average Bonchev–Trinajstić information content (AvgIpc) is 2.84. The van der Waals surface area contributed by atoms with Crippen molar-refractivity contribution in [1.82, 2.24) is 5.32 Å². The summed E-state index contributed by atoms with van der Waals surface area (Å²) < 4.78 is 5.55. The van der Waals surface area contributed by atoms with E-state index in [0.29, 0.717) is 19.1 Å². The topological polar surface area (TPSA) is 58.6 Å². The molecule has 4 nitrogen and oxygen atoms in total. The Morgan fingerprint density at radius 1 is 1.47 bits per heavy atom. The molecule has 0 bridgehead atoms. The monoisotopic (exact) mass is 269 g/mol. The SMILES string of the molecule is CCC1OCCC1C(=O)NCC1(O)CCCC(C)C1. The molecule has 110 valence electrons. The van der Waals surface area contributed by atoms with Crippen molar-refractivity contribution < 1.29 is 14.6 Å². The molecular formula is C15H27NO3. The van der Waals surface area contributed by atoms with Gasteiger partial charge >= 0.3 is 0 Å². The lowest BCUT2D eigenvalue weighted by Crippen LogP contribution is -2.48. The molecule has 0 radical (unpaired) electrons. The Morgan fingerprint density at radius 2 is 2.26 bits per heavy atom. The van der Waals surface area contributed by atoms with E-state index >= 15 is 0 Å². The number of carbonyl (C=O) groups is 1. The Morgan fingerprint density at radius 3 is 2.95 bits per heavy atom. The fraction of sp³-hybridized carbons (Fsp3) is 0.933. The number of ether oxygens (including phenoxy) is 1. The highest BCUT2D eigenvalue weighted by molar-refractivity contribution is 5.79. The quantitative estimate of drug-likeness (QED) is 0.819. The number of aliphatic hydroxyl groups is 1. The van der Waals surface area contributed by atoms with Crippen molar-refractivity contribution in [2.75, 3.05) is 13.2 Å². The van der Waals surface area contributed by atoms with E-state index in [2.05, 4.69) is 12.2 Å². The molecule has 1 aliphatic heterocycles. The van der Waals surface area contributed by atoms with Crippen LogP contribution in [0.3, 0.4) is 0 Å². The minimum Gasteiger partial charge on any atom is -0.388 e. The van der Waals surface area contributed by atoms with E-state index in [-0.39, 0.29) is 17.9 Å². The molecule has 2 rings (SSSR count). The van der Waals surface area contributed by atoms with Crippen LogP contribution in [0.1, 0.15) is 52.4 Å². The molecule has 2 N–H and O–H groups in total. The molecule has 1 aliphatic carbocycles. The smallest absolute Gasteiger partial charge is 0.225 e. The summed E-state index contributed by atoms with van der Waals surface area (Å²) in [5.41, 5.74) is -0.700. The first-order valence-corrected chi connectivity index (χ1v) is 7.66. The molecule has 2 aliphatic rings. The molecule has 1 amide bonds. The predicted octanol–water partition coefficient (Wildman–Crippen LogP) is 1.86. The molecule has 4 unspecified atom stereocenters. The zero-order chi connectivity index (χ0) is 13.9. The third kappa shape index (κ3) is 3.69. The fourth-order valence-electron chi connectivity index (χ4n) is 3.53. The Labute approximate surface area is 115 Å². The van der Waals surface area contributed by atoms with E-state index in [9.17, 15) is 9.90 Å². The van der Waals surface area contributed by atoms with Crippen LogP contribution in [0.4, 0.5) is 0 Å². The lowest BCUT2D eigenvalue weighted by Gasteiger charge is -2.36. The van der Waals surface area contributed by atoms with Gasteiger partial charge in [0.05, 0.1) is 17.6 Å². The Kier molecular flexibility index (Phi) is 4.85. The van der Waals surface area contributed by atoms with E-state index in [0.717, 1.165) is 32.1 Å². The van der Waals surface area contributed by atoms with Gasteiger partial charge in [-0.1, -0.05) is 26.7 Å². The Bertz CT molecular complexity index is 321. The molecule has 4 atom stereocenters. The largest absolute Gasteiger partial charge is 0.388 e. The first-order valence-electron chi connectivity index (χ1n) is 7.66. The molecule has 0 aromatic rings. The summed E-state index contributed by atoms with van der Waals surface area (Å²) >= 11 is 0. The van der Waals surface area contributed by atoms with Gasteiger partial charge in [0.25, 0.3) is 0 Å². The van der Waals surface area contributed by atoms with E-state index in [1.165, 1.54) is 6.42 Å². The second-order valence-electron chi connectivity index (χ2n) is 6.36. The van der Waals surface area contributed by atoms with Crippen LogP contribution in [0, 0.1) is 11.8 Å². The van der Waals surface area contributed by atoms with Crippen molar-refractivity contribution in [3.8, 4) is 0 Å². The molecule has 0 aromatic heterocycles. The first-order chi connectivity index (χ1) is 9.04. The van der Waals surface area contributed by atoms with Gasteiger partial charge in [0, 0.05) is 13.2 Å². The van der Waals surface area contributed by atoms with Gasteiger partial charge in [0.1, 0.15) is 0 Å². The van der Waals surface area contributed by atoms with Crippen molar-refractivity contribution in [3.05, 3.63) is 0 Å². The molecular weight excluding hydrogens is 242 g/mol. The summed E-state index contributed by atoms with van der Waals surface area (Å²) in [6, 6.07) is 0. The molecule has 4 heteroatoms. The van der Waals surface area contributed by atoms with Gasteiger partial charge < -0.3 is 15.2 Å². The Balaban J connectivity index is 1.82. The second kappa shape index (κ2) is 6.23. The van der Waals surface area contributed by atoms with Crippen LogP contribution in [0.15, 0.2) is 0 Å². The minimum atomic E-state index is -0.700. The lowest BCUT2D eigenvalue weighted by molar-refractivity contribution is -0.128. The third-order valence-electron chi connectivity index (χ3n) is 4.61. The van der Waals surface area contributed by atoms with E-state index in [4.69, 9.17) is 4.74 Å². The summed E-state index contributed by atoms with van der Waals surface area (Å²) in [6.07, 6.45) is 5.57. The second-order valence-corrected chi connectivity index (χ2v) is 6.36. The fourth-order valence-corrected chi connectivity index (χ4v) is 3.53. The molecule has 19 heavy (non-hydrogen) atoms. The van der Waals surface area contributed by atoms with Crippen LogP contribution in [0.2, 0.25) is 0 Å². The summed E-state index contributed by atoms with van der Waals surface area (Å²) in [7, 11) is 0. The van der Waals surface area contributed by atoms with Crippen molar-refractivity contribution in [1.29, 1.82) is 0 Å². The normalized spacial score (nSPS) is 39.2. The van der Waals surface area contributed by atoms with Crippen molar-refractivity contribution >= 4 is 5.91 Å². The number of hydrogen-bond donors (Lipinski definition) is 2. The molecule has 0 aromatic carbocycles. The van der Waals surface area contributed by atoms with Gasteiger partial charge in [0.2, 0.25) is 5.91 Å². The molecule has 1 saturated heterocycles. The van der Waals surface area contributed by atoms with Crippen LogP contribution >= 0.6 is 0 Å². The highest BCUT2D eigenvalue weighted by atomic mass is 16.5.